The van der Waals surface area contributed by atoms with Crippen molar-refractivity contribution in [3.05, 3.63) is 109 Å². The molecule has 0 atom stereocenters. The minimum Gasteiger partial charge on any atom is -0.385 e. The van der Waals surface area contributed by atoms with Gasteiger partial charge in [-0.15, -0.1) is 0 Å². The van der Waals surface area contributed by atoms with E-state index in [1.54, 1.807) is 13.0 Å². The highest BCUT2D eigenvalue weighted by Gasteiger charge is 2.34. The summed E-state index contributed by atoms with van der Waals surface area (Å²) in [6.45, 7) is 11.4. The molecule has 0 radical (unpaired) electrons. The Morgan fingerprint density at radius 2 is 1.90 bits per heavy atom. The van der Waals surface area contributed by atoms with Crippen LogP contribution in [0.2, 0.25) is 0 Å². The Kier molecular flexibility index (Phi) is 8.89. The second-order valence-corrected chi connectivity index (χ2v) is 10.6. The fourth-order valence-electron chi connectivity index (χ4n) is 4.84. The molecule has 0 fully saturated rings. The van der Waals surface area contributed by atoms with Gasteiger partial charge in [-0.25, -0.2) is 14.2 Å². The van der Waals surface area contributed by atoms with Gasteiger partial charge in [-0.3, -0.25) is 9.56 Å². The quantitative estimate of drug-likeness (QED) is 0.447. The lowest BCUT2D eigenvalue weighted by Gasteiger charge is -2.23. The van der Waals surface area contributed by atoms with E-state index >= 15 is 0 Å². The molecular weight excluding hydrogens is 545 g/mol. The Morgan fingerprint density at radius 1 is 1.17 bits per heavy atom. The minimum absolute atomic E-state index is 0.0603. The van der Waals surface area contributed by atoms with E-state index in [1.807, 2.05) is 52.8 Å². The van der Waals surface area contributed by atoms with Gasteiger partial charge in [0, 0.05) is 24.5 Å². The molecule has 4 rings (SSSR count). The number of aliphatic imine (C=N–C) groups is 1. The maximum absolute atomic E-state index is 14.0. The van der Waals surface area contributed by atoms with E-state index in [0.717, 1.165) is 37.6 Å². The number of nitrogens with zero attached hydrogens (tertiary/aromatic N) is 4. The van der Waals surface area contributed by atoms with Gasteiger partial charge in [0.2, 0.25) is 5.95 Å². The predicted molar refractivity (Wildman–Crippen MR) is 160 cm³/mol. The summed E-state index contributed by atoms with van der Waals surface area (Å²) in [7, 11) is 0. The summed E-state index contributed by atoms with van der Waals surface area (Å²) < 4.78 is 44.0. The Labute approximate surface area is 242 Å². The van der Waals surface area contributed by atoms with Gasteiger partial charge < -0.3 is 10.6 Å². The zero-order valence-electron chi connectivity index (χ0n) is 24.6. The molecule has 0 bridgehead atoms. The highest BCUT2D eigenvalue weighted by atomic mass is 19.4. The number of allylic oxidation sites excluding steroid dienone is 7. The molecule has 1 aromatic heterocycles. The largest absolute Gasteiger partial charge is 0.416 e. The van der Waals surface area contributed by atoms with Crippen LogP contribution in [0.5, 0.6) is 0 Å². The van der Waals surface area contributed by atoms with Gasteiger partial charge in [-0.1, -0.05) is 36.3 Å². The van der Waals surface area contributed by atoms with E-state index in [-0.39, 0.29) is 23.3 Å². The molecule has 42 heavy (non-hydrogen) atoms. The van der Waals surface area contributed by atoms with Crippen molar-refractivity contribution in [2.75, 3.05) is 11.9 Å². The third-order valence-electron chi connectivity index (χ3n) is 6.84. The molecule has 0 saturated heterocycles. The summed E-state index contributed by atoms with van der Waals surface area (Å²) >= 11 is 0. The van der Waals surface area contributed by atoms with E-state index in [2.05, 4.69) is 15.6 Å². The van der Waals surface area contributed by atoms with Crippen molar-refractivity contribution in [1.29, 1.82) is 0 Å². The van der Waals surface area contributed by atoms with Crippen LogP contribution in [0.25, 0.3) is 5.70 Å². The third kappa shape index (κ3) is 6.56. The van der Waals surface area contributed by atoms with Crippen LogP contribution in [0.15, 0.2) is 85.7 Å². The van der Waals surface area contributed by atoms with E-state index < -0.39 is 29.7 Å². The lowest BCUT2D eigenvalue weighted by molar-refractivity contribution is -0.138. The van der Waals surface area contributed by atoms with E-state index in [0.29, 0.717) is 24.2 Å². The zero-order chi connectivity index (χ0) is 30.8. The predicted octanol–water partition coefficient (Wildman–Crippen LogP) is 5.57. The van der Waals surface area contributed by atoms with Crippen LogP contribution in [0.4, 0.5) is 19.1 Å². The Hall–Kier alpha value is -4.41. The van der Waals surface area contributed by atoms with Crippen LogP contribution >= 0.6 is 0 Å². The van der Waals surface area contributed by atoms with Crippen molar-refractivity contribution >= 4 is 17.4 Å². The first-order valence-electron chi connectivity index (χ1n) is 13.8. The molecule has 1 aromatic carbocycles. The molecule has 2 N–H and O–H groups in total. The van der Waals surface area contributed by atoms with Crippen molar-refractivity contribution in [3.63, 3.8) is 0 Å². The highest BCUT2D eigenvalue weighted by Crippen LogP contribution is 2.33. The van der Waals surface area contributed by atoms with Gasteiger partial charge in [0.1, 0.15) is 0 Å². The van der Waals surface area contributed by atoms with Crippen LogP contribution in [0.3, 0.4) is 0 Å². The number of alkyl halides is 3. The number of dihydropyridines is 1. The van der Waals surface area contributed by atoms with Crippen LogP contribution in [0.1, 0.15) is 57.7 Å². The van der Waals surface area contributed by atoms with Crippen molar-refractivity contribution in [2.45, 2.75) is 66.7 Å². The van der Waals surface area contributed by atoms with E-state index in [4.69, 9.17) is 4.99 Å². The molecule has 222 valence electrons. The number of anilines is 1. The van der Waals surface area contributed by atoms with Crippen LogP contribution in [-0.2, 0) is 12.7 Å². The maximum atomic E-state index is 14.0. The summed E-state index contributed by atoms with van der Waals surface area (Å²) in [6.07, 6.45) is 4.79. The zero-order valence-corrected chi connectivity index (χ0v) is 24.6. The number of rotatable bonds is 7. The van der Waals surface area contributed by atoms with E-state index in [9.17, 15) is 22.8 Å². The number of benzene rings is 1. The SMILES string of the molecule is C/C=C1/C=C(Nc2nc(=O)n(C3=CNCC(C)=C3)c(=O)n2Cc2cc(C)ccc2C(F)(F)F)C(CC)=C/C1=N/C(C)C. The number of nitrogens with one attached hydrogen (secondary N) is 2. The third-order valence-corrected chi connectivity index (χ3v) is 6.84. The first-order chi connectivity index (χ1) is 19.8. The normalized spacial score (nSPS) is 17.6. The van der Waals surface area contributed by atoms with Gasteiger partial charge in [-0.05, 0) is 82.0 Å². The summed E-state index contributed by atoms with van der Waals surface area (Å²) in [5, 5.41) is 6.11. The molecule has 0 saturated carbocycles. The lowest BCUT2D eigenvalue weighted by Crippen LogP contribution is -2.43. The molecule has 1 aliphatic heterocycles. The Balaban J connectivity index is 1.92. The topological polar surface area (TPSA) is 93.3 Å². The van der Waals surface area contributed by atoms with Gasteiger partial charge in [-0.2, -0.15) is 18.2 Å². The first kappa shape index (κ1) is 30.5. The van der Waals surface area contributed by atoms with Crippen molar-refractivity contribution < 1.29 is 13.2 Å². The fraction of sp³-hybridized carbons (Fsp3) is 0.355. The molecule has 2 heterocycles. The van der Waals surface area contributed by atoms with Crippen molar-refractivity contribution in [3.8, 4) is 0 Å². The van der Waals surface area contributed by atoms with Gasteiger partial charge in [0.25, 0.3) is 0 Å². The second-order valence-electron chi connectivity index (χ2n) is 10.6. The molecule has 8 nitrogen and oxygen atoms in total. The average molecular weight is 581 g/mol. The molecule has 0 unspecified atom stereocenters. The molecular formula is C31H35F3N6O2. The molecule has 1 aliphatic carbocycles. The van der Waals surface area contributed by atoms with Gasteiger partial charge in [0.05, 0.1) is 23.5 Å². The molecule has 11 heteroatoms. The minimum atomic E-state index is -4.64. The standard InChI is InChI=1S/C31H35F3N6O2/c1-7-21-14-27(22(8-2)13-26(21)36-18(3)4)37-28-38-29(41)40(24-12-20(6)15-35-16-24)30(42)39(28)17-23-11-19(5)9-10-25(23)31(32,33)34/h7,9-14,16,18,35H,8,15,17H2,1-6H3,(H,37,38,41)/b21-7-,36-26-. The molecule has 2 aromatic rings. The van der Waals surface area contributed by atoms with Crippen LogP contribution < -0.4 is 22.0 Å². The second kappa shape index (κ2) is 12.2. The fourth-order valence-corrected chi connectivity index (χ4v) is 4.84. The number of halogens is 3. The van der Waals surface area contributed by atoms with Crippen molar-refractivity contribution in [1.82, 2.24) is 19.4 Å². The highest BCUT2D eigenvalue weighted by molar-refractivity contribution is 6.12. The van der Waals surface area contributed by atoms with Gasteiger partial charge >= 0.3 is 17.6 Å². The van der Waals surface area contributed by atoms with Crippen LogP contribution in [0, 0.1) is 6.92 Å². The van der Waals surface area contributed by atoms with Crippen LogP contribution in [-0.4, -0.2) is 32.4 Å². The van der Waals surface area contributed by atoms with Crippen molar-refractivity contribution in [2.24, 2.45) is 4.99 Å². The van der Waals surface area contributed by atoms with Gasteiger partial charge in [0.15, 0.2) is 0 Å². The Morgan fingerprint density at radius 3 is 2.52 bits per heavy atom. The molecule has 2 aliphatic rings. The summed E-state index contributed by atoms with van der Waals surface area (Å²) in [6, 6.07) is 3.83. The number of aryl methyl sites for hydroxylation is 1. The average Bonchev–Trinajstić information content (AvgIpc) is 2.90. The monoisotopic (exact) mass is 580 g/mol. The first-order valence-corrected chi connectivity index (χ1v) is 13.8. The summed E-state index contributed by atoms with van der Waals surface area (Å²) in [5.41, 5.74) is 2.08. The van der Waals surface area contributed by atoms with E-state index in [1.165, 1.54) is 18.3 Å². The summed E-state index contributed by atoms with van der Waals surface area (Å²) in [5.74, 6) is -0.161. The smallest absolute Gasteiger partial charge is 0.385 e. The number of hydrogen-bond donors (Lipinski definition) is 2. The Bertz CT molecular complexity index is 1700. The molecule has 0 amide bonds. The maximum Gasteiger partial charge on any atom is 0.416 e. The molecule has 0 spiro atoms. The summed E-state index contributed by atoms with van der Waals surface area (Å²) in [4.78, 5) is 36.1. The number of hydrogen-bond acceptors (Lipinski definition) is 6. The number of aromatic nitrogens is 3. The lowest BCUT2D eigenvalue weighted by atomic mass is 9.95.